The zero-order chi connectivity index (χ0) is 17.0. The minimum atomic E-state index is -0.348. The lowest BCUT2D eigenvalue weighted by Crippen LogP contribution is -2.34. The highest BCUT2D eigenvalue weighted by atomic mass is 16.2. The van der Waals surface area contributed by atoms with E-state index in [0.717, 1.165) is 30.8 Å². The Bertz CT molecular complexity index is 681. The van der Waals surface area contributed by atoms with E-state index in [1.165, 1.54) is 12.8 Å². The Morgan fingerprint density at radius 3 is 2.65 bits per heavy atom. The number of pyridine rings is 1. The molecule has 1 aliphatic rings. The molecule has 124 valence electrons. The van der Waals surface area contributed by atoms with Crippen LogP contribution in [-0.4, -0.2) is 28.9 Å². The molecule has 1 aromatic rings. The lowest BCUT2D eigenvalue weighted by atomic mass is 9.99. The van der Waals surface area contributed by atoms with E-state index in [4.69, 9.17) is 5.26 Å². The SMILES string of the molecule is CCCN(CC1CC1)C(=O)CCc1c(C)[nH]c(=O)c(C#N)c1C. The van der Waals surface area contributed by atoms with Gasteiger partial charge in [0.1, 0.15) is 11.6 Å². The van der Waals surface area contributed by atoms with E-state index in [1.807, 2.05) is 17.9 Å². The summed E-state index contributed by atoms with van der Waals surface area (Å²) in [5.41, 5.74) is 2.17. The molecule has 0 aromatic carbocycles. The maximum absolute atomic E-state index is 12.5. The van der Waals surface area contributed by atoms with Gasteiger partial charge in [0, 0.05) is 25.2 Å². The number of aromatic nitrogens is 1. The summed E-state index contributed by atoms with van der Waals surface area (Å²) in [6, 6.07) is 1.96. The molecule has 1 fully saturated rings. The summed E-state index contributed by atoms with van der Waals surface area (Å²) in [6.45, 7) is 7.38. The molecule has 0 bridgehead atoms. The molecule has 0 unspecified atom stereocenters. The van der Waals surface area contributed by atoms with Crippen molar-refractivity contribution in [2.24, 2.45) is 5.92 Å². The predicted octanol–water partition coefficient (Wildman–Crippen LogP) is 2.44. The topological polar surface area (TPSA) is 77.0 Å². The standard InChI is InChI=1S/C18H25N3O2/c1-4-9-21(11-14-5-6-14)17(22)8-7-15-12(2)16(10-19)18(23)20-13(15)3/h14H,4-9,11H2,1-3H3,(H,20,23). The molecular weight excluding hydrogens is 290 g/mol. The molecule has 0 atom stereocenters. The van der Waals surface area contributed by atoms with Crippen LogP contribution in [-0.2, 0) is 11.2 Å². The number of rotatable bonds is 7. The highest BCUT2D eigenvalue weighted by Gasteiger charge is 2.26. The zero-order valence-electron chi connectivity index (χ0n) is 14.2. The van der Waals surface area contributed by atoms with E-state index in [-0.39, 0.29) is 17.0 Å². The van der Waals surface area contributed by atoms with Crippen molar-refractivity contribution in [1.29, 1.82) is 5.26 Å². The summed E-state index contributed by atoms with van der Waals surface area (Å²) >= 11 is 0. The molecule has 1 N–H and O–H groups in total. The molecule has 1 aliphatic carbocycles. The molecule has 1 amide bonds. The van der Waals surface area contributed by atoms with Crippen molar-refractivity contribution in [2.75, 3.05) is 13.1 Å². The fraction of sp³-hybridized carbons (Fsp3) is 0.611. The molecule has 0 spiro atoms. The lowest BCUT2D eigenvalue weighted by molar-refractivity contribution is -0.131. The maximum Gasteiger partial charge on any atom is 0.266 e. The zero-order valence-corrected chi connectivity index (χ0v) is 14.2. The second-order valence-electron chi connectivity index (χ2n) is 6.45. The first-order valence-corrected chi connectivity index (χ1v) is 8.38. The first-order valence-electron chi connectivity index (χ1n) is 8.38. The molecule has 5 heteroatoms. The van der Waals surface area contributed by atoms with E-state index in [1.54, 1.807) is 6.92 Å². The highest BCUT2D eigenvalue weighted by Crippen LogP contribution is 2.30. The number of carbonyl (C=O) groups is 1. The number of amides is 1. The van der Waals surface area contributed by atoms with Crippen LogP contribution in [0.5, 0.6) is 0 Å². The van der Waals surface area contributed by atoms with Crippen LogP contribution in [0.25, 0.3) is 0 Å². The summed E-state index contributed by atoms with van der Waals surface area (Å²) in [5.74, 6) is 0.856. The van der Waals surface area contributed by atoms with Gasteiger partial charge in [-0.05, 0) is 56.6 Å². The van der Waals surface area contributed by atoms with Gasteiger partial charge >= 0.3 is 0 Å². The highest BCUT2D eigenvalue weighted by molar-refractivity contribution is 5.76. The molecule has 5 nitrogen and oxygen atoms in total. The van der Waals surface area contributed by atoms with Crippen LogP contribution >= 0.6 is 0 Å². The molecule has 0 aliphatic heterocycles. The first-order chi connectivity index (χ1) is 11.0. The summed E-state index contributed by atoms with van der Waals surface area (Å²) < 4.78 is 0. The number of H-pyrrole nitrogens is 1. The van der Waals surface area contributed by atoms with E-state index in [2.05, 4.69) is 11.9 Å². The van der Waals surface area contributed by atoms with Gasteiger partial charge in [0.05, 0.1) is 0 Å². The number of hydrogen-bond acceptors (Lipinski definition) is 3. The fourth-order valence-electron chi connectivity index (χ4n) is 3.01. The monoisotopic (exact) mass is 315 g/mol. The van der Waals surface area contributed by atoms with Gasteiger partial charge in [0.25, 0.3) is 5.56 Å². The van der Waals surface area contributed by atoms with Gasteiger partial charge in [0.15, 0.2) is 0 Å². The van der Waals surface area contributed by atoms with E-state index in [0.29, 0.717) is 24.3 Å². The van der Waals surface area contributed by atoms with E-state index >= 15 is 0 Å². The van der Waals surface area contributed by atoms with Crippen molar-refractivity contribution in [2.45, 2.75) is 52.9 Å². The van der Waals surface area contributed by atoms with Gasteiger partial charge in [-0.1, -0.05) is 6.92 Å². The molecular formula is C18H25N3O2. The average Bonchev–Trinajstić information content (AvgIpc) is 3.30. The predicted molar refractivity (Wildman–Crippen MR) is 89.2 cm³/mol. The third-order valence-electron chi connectivity index (χ3n) is 4.53. The number of nitrogens with one attached hydrogen (secondary N) is 1. The van der Waals surface area contributed by atoms with Crippen molar-refractivity contribution in [3.8, 4) is 6.07 Å². The fourth-order valence-corrected chi connectivity index (χ4v) is 3.01. The molecule has 1 saturated carbocycles. The third-order valence-corrected chi connectivity index (χ3v) is 4.53. The van der Waals surface area contributed by atoms with Gasteiger partial charge in [-0.3, -0.25) is 9.59 Å². The van der Waals surface area contributed by atoms with Gasteiger partial charge in [-0.15, -0.1) is 0 Å². The minimum absolute atomic E-state index is 0.154. The van der Waals surface area contributed by atoms with Crippen LogP contribution in [0.4, 0.5) is 0 Å². The molecule has 0 radical (unpaired) electrons. The summed E-state index contributed by atoms with van der Waals surface area (Å²) in [5, 5.41) is 9.11. The van der Waals surface area contributed by atoms with E-state index < -0.39 is 0 Å². The Balaban J connectivity index is 2.08. The van der Waals surface area contributed by atoms with Crippen LogP contribution in [0, 0.1) is 31.1 Å². The Morgan fingerprint density at radius 1 is 1.39 bits per heavy atom. The van der Waals surface area contributed by atoms with Crippen LogP contribution in [0.2, 0.25) is 0 Å². The third kappa shape index (κ3) is 4.22. The Morgan fingerprint density at radius 2 is 2.09 bits per heavy atom. The van der Waals surface area contributed by atoms with Crippen molar-refractivity contribution >= 4 is 5.91 Å². The second kappa shape index (κ2) is 7.45. The Hall–Kier alpha value is -2.09. The van der Waals surface area contributed by atoms with Gasteiger partial charge in [-0.25, -0.2) is 0 Å². The van der Waals surface area contributed by atoms with Crippen LogP contribution in [0.1, 0.15) is 55.0 Å². The quantitative estimate of drug-likeness (QED) is 0.839. The number of nitrogens with zero attached hydrogens (tertiary/aromatic N) is 2. The molecule has 0 saturated heterocycles. The number of aryl methyl sites for hydroxylation is 1. The smallest absolute Gasteiger partial charge is 0.266 e. The normalized spacial score (nSPS) is 13.7. The molecule has 1 heterocycles. The molecule has 1 aromatic heterocycles. The maximum atomic E-state index is 12.5. The van der Waals surface area contributed by atoms with E-state index in [9.17, 15) is 9.59 Å². The number of hydrogen-bond donors (Lipinski definition) is 1. The number of carbonyl (C=O) groups excluding carboxylic acids is 1. The molecule has 2 rings (SSSR count). The largest absolute Gasteiger partial charge is 0.342 e. The van der Waals surface area contributed by atoms with Crippen LogP contribution in [0.3, 0.4) is 0 Å². The van der Waals surface area contributed by atoms with Crippen molar-refractivity contribution in [3.63, 3.8) is 0 Å². The van der Waals surface area contributed by atoms with Crippen molar-refractivity contribution in [1.82, 2.24) is 9.88 Å². The summed E-state index contributed by atoms with van der Waals surface area (Å²) in [4.78, 5) is 28.9. The average molecular weight is 315 g/mol. The Labute approximate surface area is 137 Å². The first kappa shape index (κ1) is 17.3. The number of aromatic amines is 1. The van der Waals surface area contributed by atoms with Crippen molar-refractivity contribution in [3.05, 3.63) is 32.7 Å². The summed E-state index contributed by atoms with van der Waals surface area (Å²) in [6.07, 6.45) is 4.42. The minimum Gasteiger partial charge on any atom is -0.342 e. The molecule has 23 heavy (non-hydrogen) atoms. The second-order valence-corrected chi connectivity index (χ2v) is 6.45. The van der Waals surface area contributed by atoms with Gasteiger partial charge < -0.3 is 9.88 Å². The number of nitriles is 1. The van der Waals surface area contributed by atoms with Crippen molar-refractivity contribution < 1.29 is 4.79 Å². The van der Waals surface area contributed by atoms with Gasteiger partial charge in [0.2, 0.25) is 5.91 Å². The Kier molecular flexibility index (Phi) is 5.59. The van der Waals surface area contributed by atoms with Crippen LogP contribution < -0.4 is 5.56 Å². The van der Waals surface area contributed by atoms with Crippen LogP contribution in [0.15, 0.2) is 4.79 Å². The summed E-state index contributed by atoms with van der Waals surface area (Å²) in [7, 11) is 0. The van der Waals surface area contributed by atoms with Gasteiger partial charge in [-0.2, -0.15) is 5.26 Å². The lowest BCUT2D eigenvalue weighted by Gasteiger charge is -2.22.